The average molecular weight is 481 g/mol. The number of nitrogens with zero attached hydrogens (tertiary/aromatic N) is 3. The Morgan fingerprint density at radius 2 is 1.43 bits per heavy atom. The van der Waals surface area contributed by atoms with Crippen molar-refractivity contribution < 1.29 is 9.59 Å². The van der Waals surface area contributed by atoms with Crippen LogP contribution in [-0.4, -0.2) is 31.8 Å². The minimum absolute atomic E-state index is 0.239. The third-order valence-electron chi connectivity index (χ3n) is 5.19. The molecule has 0 saturated carbocycles. The van der Waals surface area contributed by atoms with Gasteiger partial charge in [-0.2, -0.15) is 0 Å². The van der Waals surface area contributed by atoms with Crippen LogP contribution in [0.15, 0.2) is 96.4 Å². The number of carbonyl (C=O) groups is 2. The van der Waals surface area contributed by atoms with Gasteiger partial charge in [-0.25, -0.2) is 15.0 Å². The lowest BCUT2D eigenvalue weighted by molar-refractivity contribution is 0.0846. The number of thioether (sulfide) groups is 1. The van der Waals surface area contributed by atoms with Crippen molar-refractivity contribution in [3.05, 3.63) is 108 Å². The van der Waals surface area contributed by atoms with Gasteiger partial charge in [-0.15, -0.1) is 0 Å². The van der Waals surface area contributed by atoms with Crippen LogP contribution in [0.2, 0.25) is 0 Å². The minimum atomic E-state index is -0.503. The van der Waals surface area contributed by atoms with Crippen LogP contribution in [0.5, 0.6) is 0 Å². The van der Waals surface area contributed by atoms with E-state index in [0.29, 0.717) is 17.1 Å². The molecule has 8 nitrogen and oxygen atoms in total. The highest BCUT2D eigenvalue weighted by Crippen LogP contribution is 2.23. The second-order valence-electron chi connectivity index (χ2n) is 7.61. The zero-order valence-electron chi connectivity index (χ0n) is 18.4. The number of aromatic nitrogens is 4. The van der Waals surface area contributed by atoms with E-state index in [2.05, 4.69) is 30.8 Å². The Morgan fingerprint density at radius 3 is 2.14 bits per heavy atom. The molecule has 2 amide bonds. The first-order valence-corrected chi connectivity index (χ1v) is 11.8. The summed E-state index contributed by atoms with van der Waals surface area (Å²) in [5.41, 5.74) is 9.32. The molecule has 0 saturated heterocycles. The van der Waals surface area contributed by atoms with E-state index in [1.54, 1.807) is 23.9 Å². The van der Waals surface area contributed by atoms with Gasteiger partial charge in [-0.05, 0) is 29.8 Å². The maximum atomic E-state index is 12.4. The number of imidazole rings is 1. The Hall–Kier alpha value is -4.50. The highest BCUT2D eigenvalue weighted by atomic mass is 32.2. The lowest BCUT2D eigenvalue weighted by atomic mass is 10.1. The first-order chi connectivity index (χ1) is 17.2. The molecule has 0 aliphatic rings. The Kier molecular flexibility index (Phi) is 6.49. The zero-order chi connectivity index (χ0) is 24.0. The summed E-state index contributed by atoms with van der Waals surface area (Å²) in [7, 11) is 0. The van der Waals surface area contributed by atoms with Crippen molar-refractivity contribution in [2.75, 3.05) is 0 Å². The summed E-state index contributed by atoms with van der Waals surface area (Å²) >= 11 is 1.59. The normalized spacial score (nSPS) is 10.7. The SMILES string of the molecule is O=C(NNC(=O)c1cnc(-c2ccccc2)nc1)c1ccc(CSc2nc3ccccc3[nH]2)cc1. The Bertz CT molecular complexity index is 1430. The second kappa shape index (κ2) is 10.2. The van der Waals surface area contributed by atoms with Gasteiger partial charge in [-0.3, -0.25) is 20.4 Å². The number of hydrogen-bond donors (Lipinski definition) is 3. The summed E-state index contributed by atoms with van der Waals surface area (Å²) in [4.78, 5) is 41.1. The van der Waals surface area contributed by atoms with Crippen molar-refractivity contribution in [2.24, 2.45) is 0 Å². The van der Waals surface area contributed by atoms with Crippen molar-refractivity contribution in [3.8, 4) is 11.4 Å². The number of hydrogen-bond acceptors (Lipinski definition) is 6. The largest absolute Gasteiger partial charge is 0.333 e. The molecule has 0 spiro atoms. The molecule has 5 aromatic rings. The smallest absolute Gasteiger partial charge is 0.272 e. The van der Waals surface area contributed by atoms with Crippen molar-refractivity contribution in [2.45, 2.75) is 10.9 Å². The number of rotatable bonds is 6. The Labute approximate surface area is 205 Å². The molecule has 0 atom stereocenters. The number of benzene rings is 3. The summed E-state index contributed by atoms with van der Waals surface area (Å²) < 4.78 is 0. The fourth-order valence-electron chi connectivity index (χ4n) is 3.34. The number of H-pyrrole nitrogens is 1. The molecular weight excluding hydrogens is 460 g/mol. The molecule has 2 aromatic heterocycles. The van der Waals surface area contributed by atoms with Gasteiger partial charge in [0.1, 0.15) is 0 Å². The molecule has 9 heteroatoms. The van der Waals surface area contributed by atoms with Crippen molar-refractivity contribution in [1.29, 1.82) is 0 Å². The van der Waals surface area contributed by atoms with Gasteiger partial charge in [0.15, 0.2) is 11.0 Å². The number of nitrogens with one attached hydrogen (secondary N) is 3. The molecule has 0 aliphatic heterocycles. The summed E-state index contributed by atoms with van der Waals surface area (Å²) in [5, 5.41) is 0.844. The minimum Gasteiger partial charge on any atom is -0.333 e. The first kappa shape index (κ1) is 22.3. The van der Waals surface area contributed by atoms with Gasteiger partial charge >= 0.3 is 0 Å². The Balaban J connectivity index is 1.13. The van der Waals surface area contributed by atoms with Gasteiger partial charge in [0.05, 0.1) is 16.6 Å². The van der Waals surface area contributed by atoms with E-state index in [1.165, 1.54) is 12.4 Å². The summed E-state index contributed by atoms with van der Waals surface area (Å²) in [6.07, 6.45) is 2.84. The maximum absolute atomic E-state index is 12.4. The predicted octanol–water partition coefficient (Wildman–Crippen LogP) is 4.39. The molecule has 5 rings (SSSR count). The van der Waals surface area contributed by atoms with Gasteiger partial charge < -0.3 is 4.98 Å². The second-order valence-corrected chi connectivity index (χ2v) is 8.58. The van der Waals surface area contributed by atoms with Crippen LogP contribution in [-0.2, 0) is 5.75 Å². The topological polar surface area (TPSA) is 113 Å². The van der Waals surface area contributed by atoms with Gasteiger partial charge in [0, 0.05) is 29.3 Å². The van der Waals surface area contributed by atoms with E-state index in [4.69, 9.17) is 0 Å². The van der Waals surface area contributed by atoms with Crippen LogP contribution in [0.4, 0.5) is 0 Å². The molecule has 3 N–H and O–H groups in total. The van der Waals surface area contributed by atoms with Crippen molar-refractivity contribution in [3.63, 3.8) is 0 Å². The number of aromatic amines is 1. The number of fused-ring (bicyclic) bond motifs is 1. The fraction of sp³-hybridized carbons (Fsp3) is 0.0385. The standard InChI is InChI=1S/C26H20N6O2S/c33-24(31-32-25(34)20-14-27-23(28-15-20)18-6-2-1-3-7-18)19-12-10-17(11-13-19)16-35-26-29-21-8-4-5-9-22(21)30-26/h1-15H,16H2,(H,29,30)(H,31,33)(H,32,34). The number of amides is 2. The quantitative estimate of drug-likeness (QED) is 0.245. The number of para-hydroxylation sites is 2. The summed E-state index contributed by atoms with van der Waals surface area (Å²) in [6.45, 7) is 0. The van der Waals surface area contributed by atoms with Crippen LogP contribution in [0.1, 0.15) is 26.3 Å². The monoisotopic (exact) mass is 480 g/mol. The fourth-order valence-corrected chi connectivity index (χ4v) is 4.18. The third kappa shape index (κ3) is 5.36. The lowest BCUT2D eigenvalue weighted by Gasteiger charge is -2.08. The summed E-state index contributed by atoms with van der Waals surface area (Å²) in [5.74, 6) is 0.301. The zero-order valence-corrected chi connectivity index (χ0v) is 19.3. The van der Waals surface area contributed by atoms with Crippen LogP contribution < -0.4 is 10.9 Å². The van der Waals surface area contributed by atoms with Crippen molar-refractivity contribution in [1.82, 2.24) is 30.8 Å². The van der Waals surface area contributed by atoms with E-state index < -0.39 is 11.8 Å². The molecule has 0 radical (unpaired) electrons. The number of carbonyl (C=O) groups excluding carboxylic acids is 2. The Morgan fingerprint density at radius 1 is 0.771 bits per heavy atom. The highest BCUT2D eigenvalue weighted by molar-refractivity contribution is 7.98. The van der Waals surface area contributed by atoms with Gasteiger partial charge in [0.25, 0.3) is 11.8 Å². The first-order valence-electron chi connectivity index (χ1n) is 10.8. The van der Waals surface area contributed by atoms with E-state index >= 15 is 0 Å². The van der Waals surface area contributed by atoms with Crippen LogP contribution in [0, 0.1) is 0 Å². The third-order valence-corrected chi connectivity index (χ3v) is 6.14. The maximum Gasteiger partial charge on any atom is 0.272 e. The molecule has 0 fully saturated rings. The molecule has 0 aliphatic carbocycles. The molecule has 0 unspecified atom stereocenters. The lowest BCUT2D eigenvalue weighted by Crippen LogP contribution is -2.41. The van der Waals surface area contributed by atoms with Gasteiger partial charge in [-0.1, -0.05) is 66.4 Å². The molecule has 3 aromatic carbocycles. The van der Waals surface area contributed by atoms with E-state index in [0.717, 1.165) is 27.3 Å². The molecule has 2 heterocycles. The van der Waals surface area contributed by atoms with E-state index in [9.17, 15) is 9.59 Å². The molecule has 172 valence electrons. The number of hydrazine groups is 1. The van der Waals surface area contributed by atoms with E-state index in [-0.39, 0.29) is 5.56 Å². The molecule has 35 heavy (non-hydrogen) atoms. The van der Waals surface area contributed by atoms with Crippen molar-refractivity contribution >= 4 is 34.6 Å². The van der Waals surface area contributed by atoms with Crippen LogP contribution >= 0.6 is 11.8 Å². The summed E-state index contributed by atoms with van der Waals surface area (Å²) in [6, 6.07) is 24.5. The average Bonchev–Trinajstić information content (AvgIpc) is 3.34. The highest BCUT2D eigenvalue weighted by Gasteiger charge is 2.11. The van der Waals surface area contributed by atoms with Crippen LogP contribution in [0.25, 0.3) is 22.4 Å². The molecular formula is C26H20N6O2S. The van der Waals surface area contributed by atoms with Crippen LogP contribution in [0.3, 0.4) is 0 Å². The predicted molar refractivity (Wildman–Crippen MR) is 134 cm³/mol. The van der Waals surface area contributed by atoms with Gasteiger partial charge in [0.2, 0.25) is 0 Å². The molecule has 0 bridgehead atoms. The van der Waals surface area contributed by atoms with E-state index in [1.807, 2.05) is 66.7 Å².